The smallest absolute Gasteiger partial charge is 0.213 e. The first-order valence-electron chi connectivity index (χ1n) is 11.0. The van der Waals surface area contributed by atoms with E-state index < -0.39 is 32.8 Å². The molecule has 0 radical (unpaired) electrons. The summed E-state index contributed by atoms with van der Waals surface area (Å²) in [5.41, 5.74) is 1.73. The van der Waals surface area contributed by atoms with Gasteiger partial charge in [0.15, 0.2) is 27.3 Å². The van der Waals surface area contributed by atoms with Crippen molar-refractivity contribution in [2.45, 2.75) is 31.0 Å². The first-order chi connectivity index (χ1) is 17.2. The third-order valence-corrected chi connectivity index (χ3v) is 7.65. The van der Waals surface area contributed by atoms with Crippen LogP contribution in [0.25, 0.3) is 17.2 Å². The van der Waals surface area contributed by atoms with E-state index in [1.165, 1.54) is 50.0 Å². The van der Waals surface area contributed by atoms with Crippen molar-refractivity contribution in [1.29, 1.82) is 0 Å². The SMILES string of the molecule is COc1cccc(-c2nnc(CS(=O)(=O)[C@@H](C)[C@H](OC)c3ncc(C)cn3)n2-c2ccc(F)cc2)n1. The van der Waals surface area contributed by atoms with Crippen molar-refractivity contribution in [1.82, 2.24) is 29.7 Å². The Hall–Kier alpha value is -3.77. The van der Waals surface area contributed by atoms with Crippen molar-refractivity contribution in [3.05, 3.63) is 77.9 Å². The van der Waals surface area contributed by atoms with Crippen molar-refractivity contribution in [3.8, 4) is 23.1 Å². The van der Waals surface area contributed by atoms with Crippen LogP contribution in [0.3, 0.4) is 0 Å². The number of aryl methyl sites for hydroxylation is 1. The quantitative estimate of drug-likeness (QED) is 0.332. The van der Waals surface area contributed by atoms with Gasteiger partial charge in [-0.05, 0) is 49.7 Å². The third-order valence-electron chi connectivity index (χ3n) is 5.61. The minimum atomic E-state index is -3.85. The molecule has 3 heterocycles. The molecule has 0 unspecified atom stereocenters. The zero-order valence-electron chi connectivity index (χ0n) is 20.2. The number of ether oxygens (including phenoxy) is 2. The molecular weight excluding hydrogens is 487 g/mol. The lowest BCUT2D eigenvalue weighted by Crippen LogP contribution is -2.30. The molecule has 0 aliphatic carbocycles. The second kappa shape index (κ2) is 10.5. The second-order valence-corrected chi connectivity index (χ2v) is 10.5. The molecule has 0 saturated heterocycles. The van der Waals surface area contributed by atoms with Crippen molar-refractivity contribution in [2.24, 2.45) is 0 Å². The molecule has 0 spiro atoms. The molecule has 4 rings (SSSR count). The van der Waals surface area contributed by atoms with Gasteiger partial charge in [-0.25, -0.2) is 27.8 Å². The van der Waals surface area contributed by atoms with E-state index in [4.69, 9.17) is 9.47 Å². The second-order valence-electron chi connectivity index (χ2n) is 8.10. The zero-order valence-corrected chi connectivity index (χ0v) is 21.0. The zero-order chi connectivity index (χ0) is 25.9. The number of aromatic nitrogens is 6. The van der Waals surface area contributed by atoms with Crippen molar-refractivity contribution >= 4 is 9.84 Å². The van der Waals surface area contributed by atoms with Gasteiger partial charge in [0, 0.05) is 31.3 Å². The highest BCUT2D eigenvalue weighted by Crippen LogP contribution is 2.28. The summed E-state index contributed by atoms with van der Waals surface area (Å²) in [5, 5.41) is 7.39. The van der Waals surface area contributed by atoms with Gasteiger partial charge in [0.2, 0.25) is 5.88 Å². The number of halogens is 1. The van der Waals surface area contributed by atoms with E-state index in [-0.39, 0.29) is 17.5 Å². The number of benzene rings is 1. The number of pyridine rings is 1. The molecule has 4 aromatic rings. The summed E-state index contributed by atoms with van der Waals surface area (Å²) in [7, 11) is -0.954. The van der Waals surface area contributed by atoms with Crippen LogP contribution in [0.15, 0.2) is 54.9 Å². The molecule has 0 bridgehead atoms. The van der Waals surface area contributed by atoms with E-state index in [9.17, 15) is 12.8 Å². The minimum absolute atomic E-state index is 0.132. The van der Waals surface area contributed by atoms with Gasteiger partial charge in [-0.15, -0.1) is 10.2 Å². The number of methoxy groups -OCH3 is 2. The van der Waals surface area contributed by atoms with E-state index in [0.29, 0.717) is 17.3 Å². The Balaban J connectivity index is 1.75. The third kappa shape index (κ3) is 5.24. The Labute approximate surface area is 208 Å². The van der Waals surface area contributed by atoms with Crippen LogP contribution >= 0.6 is 0 Å². The molecule has 0 aliphatic heterocycles. The molecule has 12 heteroatoms. The molecule has 10 nitrogen and oxygen atoms in total. The lowest BCUT2D eigenvalue weighted by molar-refractivity contribution is 0.0947. The van der Waals surface area contributed by atoms with Gasteiger partial charge >= 0.3 is 0 Å². The van der Waals surface area contributed by atoms with Crippen LogP contribution in [-0.4, -0.2) is 57.6 Å². The minimum Gasteiger partial charge on any atom is -0.481 e. The van der Waals surface area contributed by atoms with Gasteiger partial charge in [-0.1, -0.05) is 6.07 Å². The Morgan fingerprint density at radius 1 is 1.03 bits per heavy atom. The fourth-order valence-electron chi connectivity index (χ4n) is 3.65. The summed E-state index contributed by atoms with van der Waals surface area (Å²) in [6, 6.07) is 10.7. The van der Waals surface area contributed by atoms with Gasteiger partial charge in [0.25, 0.3) is 0 Å². The normalized spacial score (nSPS) is 13.4. The largest absolute Gasteiger partial charge is 0.481 e. The maximum Gasteiger partial charge on any atom is 0.213 e. The highest BCUT2D eigenvalue weighted by Gasteiger charge is 2.34. The van der Waals surface area contributed by atoms with Gasteiger partial charge in [-0.2, -0.15) is 0 Å². The van der Waals surface area contributed by atoms with Crippen LogP contribution in [0.1, 0.15) is 30.2 Å². The fourth-order valence-corrected chi connectivity index (χ4v) is 5.07. The molecule has 0 saturated carbocycles. The lowest BCUT2D eigenvalue weighted by Gasteiger charge is -2.21. The molecule has 0 fully saturated rings. The summed E-state index contributed by atoms with van der Waals surface area (Å²) in [4.78, 5) is 12.9. The molecule has 36 heavy (non-hydrogen) atoms. The maximum absolute atomic E-state index is 13.7. The Morgan fingerprint density at radius 3 is 2.36 bits per heavy atom. The van der Waals surface area contributed by atoms with Crippen LogP contribution in [0.4, 0.5) is 4.39 Å². The summed E-state index contributed by atoms with van der Waals surface area (Å²) < 4.78 is 52.9. The monoisotopic (exact) mass is 512 g/mol. The van der Waals surface area contributed by atoms with Crippen molar-refractivity contribution in [3.63, 3.8) is 0 Å². The first-order valence-corrected chi connectivity index (χ1v) is 12.7. The predicted octanol–water partition coefficient (Wildman–Crippen LogP) is 3.27. The molecule has 188 valence electrons. The summed E-state index contributed by atoms with van der Waals surface area (Å²) in [5.74, 6) is 0.132. The molecule has 0 N–H and O–H groups in total. The van der Waals surface area contributed by atoms with Crippen molar-refractivity contribution in [2.75, 3.05) is 14.2 Å². The standard InChI is InChI=1S/C24H25FN6O4S/c1-15-12-26-23(27-13-15)22(35-4)16(2)36(32,33)14-20-29-30-24(19-6-5-7-21(28-19)34-3)31(20)18-10-8-17(25)9-11-18/h5-13,16,22H,14H2,1-4H3/t16-,22-/m0/s1. The van der Waals surface area contributed by atoms with Gasteiger partial charge < -0.3 is 9.47 Å². The number of hydrogen-bond acceptors (Lipinski definition) is 9. The van der Waals surface area contributed by atoms with E-state index in [0.717, 1.165) is 5.56 Å². The molecular formula is C24H25FN6O4S. The summed E-state index contributed by atoms with van der Waals surface area (Å²) in [6.07, 6.45) is 2.32. The highest BCUT2D eigenvalue weighted by atomic mass is 32.2. The average molecular weight is 513 g/mol. The number of hydrogen-bond donors (Lipinski definition) is 0. The maximum atomic E-state index is 13.7. The van der Waals surface area contributed by atoms with Gasteiger partial charge in [0.1, 0.15) is 23.4 Å². The van der Waals surface area contributed by atoms with Gasteiger partial charge in [0.05, 0.1) is 12.4 Å². The van der Waals surface area contributed by atoms with Crippen LogP contribution in [0.2, 0.25) is 0 Å². The fraction of sp³-hybridized carbons (Fsp3) is 0.292. The number of rotatable bonds is 9. The first kappa shape index (κ1) is 25.3. The van der Waals surface area contributed by atoms with Crippen molar-refractivity contribution < 1.29 is 22.3 Å². The number of sulfone groups is 1. The molecule has 1 aromatic carbocycles. The Morgan fingerprint density at radius 2 is 1.72 bits per heavy atom. The molecule has 0 aliphatic rings. The predicted molar refractivity (Wildman–Crippen MR) is 130 cm³/mol. The molecule has 2 atom stereocenters. The highest BCUT2D eigenvalue weighted by molar-refractivity contribution is 7.91. The van der Waals surface area contributed by atoms with Crippen LogP contribution in [-0.2, 0) is 20.3 Å². The number of nitrogens with zero attached hydrogens (tertiary/aromatic N) is 6. The topological polar surface area (TPSA) is 122 Å². The van der Waals surface area contributed by atoms with E-state index in [1.54, 1.807) is 30.6 Å². The van der Waals surface area contributed by atoms with Crippen LogP contribution in [0.5, 0.6) is 5.88 Å². The van der Waals surface area contributed by atoms with E-state index in [1.807, 2.05) is 6.92 Å². The summed E-state index contributed by atoms with van der Waals surface area (Å²) >= 11 is 0. The summed E-state index contributed by atoms with van der Waals surface area (Å²) in [6.45, 7) is 3.37. The Kier molecular flexibility index (Phi) is 7.36. The molecule has 0 amide bonds. The van der Waals surface area contributed by atoms with Gasteiger partial charge in [-0.3, -0.25) is 4.57 Å². The average Bonchev–Trinajstić information content (AvgIpc) is 3.28. The van der Waals surface area contributed by atoms with Crippen LogP contribution < -0.4 is 4.74 Å². The van der Waals surface area contributed by atoms with E-state index >= 15 is 0 Å². The lowest BCUT2D eigenvalue weighted by atomic mass is 10.2. The Bertz CT molecular complexity index is 1440. The van der Waals surface area contributed by atoms with E-state index in [2.05, 4.69) is 25.1 Å². The van der Waals surface area contributed by atoms with Crippen LogP contribution in [0, 0.1) is 12.7 Å². The molecule has 3 aromatic heterocycles.